The zero-order valence-electron chi connectivity index (χ0n) is 14.8. The van der Waals surface area contributed by atoms with E-state index in [4.69, 9.17) is 0 Å². The van der Waals surface area contributed by atoms with Crippen molar-refractivity contribution in [1.82, 2.24) is 0 Å². The molecule has 3 heteroatoms. The Bertz CT molecular complexity index is 870. The first kappa shape index (κ1) is 20.7. The summed E-state index contributed by atoms with van der Waals surface area (Å²) in [5, 5.41) is 0. The second-order valence-corrected chi connectivity index (χ2v) is 8.86. The largest absolute Gasteiger partial charge is 1.00 e. The van der Waals surface area contributed by atoms with E-state index in [9.17, 15) is 0 Å². The van der Waals surface area contributed by atoms with Gasteiger partial charge >= 0.3 is 155 Å². The Balaban J connectivity index is 0.00000113. The van der Waals surface area contributed by atoms with Gasteiger partial charge in [-0.25, -0.2) is 0 Å². The van der Waals surface area contributed by atoms with Gasteiger partial charge in [-0.05, 0) is 0 Å². The average Bonchev–Trinajstić information content (AvgIpc) is 3.12. The molecule has 2 aliphatic rings. The van der Waals surface area contributed by atoms with Crippen molar-refractivity contribution in [3.63, 3.8) is 0 Å². The van der Waals surface area contributed by atoms with Gasteiger partial charge < -0.3 is 24.8 Å². The van der Waals surface area contributed by atoms with Gasteiger partial charge in [0, 0.05) is 0 Å². The number of halogens is 2. The van der Waals surface area contributed by atoms with Gasteiger partial charge in [0.25, 0.3) is 0 Å². The molecule has 0 saturated heterocycles. The molecule has 0 nitrogen and oxygen atoms in total. The minimum absolute atomic E-state index is 0. The summed E-state index contributed by atoms with van der Waals surface area (Å²) in [6.45, 7) is 6.91. The van der Waals surface area contributed by atoms with Gasteiger partial charge in [0.05, 0.1) is 0 Å². The molecule has 127 valence electrons. The molecule has 0 aromatic heterocycles. The summed E-state index contributed by atoms with van der Waals surface area (Å²) < 4.78 is 1.56. The van der Waals surface area contributed by atoms with E-state index in [1.165, 1.54) is 58.1 Å². The molecule has 2 aromatic rings. The summed E-state index contributed by atoms with van der Waals surface area (Å²) in [6.07, 6.45) is 7.02. The standard InChI is InChI=1S/C22H21.2ClH.Zr/c1-22(2,3)19-10-8-16(14-19)15-9-11-21-18(12-15)13-17-6-4-5-7-20(17)21;;;/h4-7,9-11,14H,8,13H2,1-3H3;2*1H;/q;;;+2/p-2. The van der Waals surface area contributed by atoms with E-state index in [2.05, 4.69) is 69.3 Å². The summed E-state index contributed by atoms with van der Waals surface area (Å²) in [6, 6.07) is 13.6. The van der Waals surface area contributed by atoms with Crippen LogP contribution in [0.25, 0.3) is 16.7 Å². The van der Waals surface area contributed by atoms with Gasteiger partial charge in [0.1, 0.15) is 0 Å². The minimum Gasteiger partial charge on any atom is -1.00 e. The van der Waals surface area contributed by atoms with Crippen molar-refractivity contribution in [2.24, 2.45) is 5.41 Å². The first-order valence-corrected chi connectivity index (χ1v) is 9.55. The van der Waals surface area contributed by atoms with Crippen LogP contribution in [0.4, 0.5) is 0 Å². The molecule has 0 radical (unpaired) electrons. The zero-order valence-corrected chi connectivity index (χ0v) is 18.8. The maximum absolute atomic E-state index is 2.43. The predicted octanol–water partition coefficient (Wildman–Crippen LogP) is -0.802. The number of hydrogen-bond acceptors (Lipinski definition) is 0. The van der Waals surface area contributed by atoms with Crippen LogP contribution in [0.3, 0.4) is 0 Å². The van der Waals surface area contributed by atoms with Crippen LogP contribution in [0.15, 0.2) is 54.1 Å². The Morgan fingerprint density at radius 3 is 2.24 bits per heavy atom. The minimum atomic E-state index is 0. The quantitative estimate of drug-likeness (QED) is 0.458. The van der Waals surface area contributed by atoms with E-state index in [0.717, 1.165) is 12.8 Å². The summed E-state index contributed by atoms with van der Waals surface area (Å²) in [5.41, 5.74) is 10.6. The first-order chi connectivity index (χ1) is 10.9. The number of rotatable bonds is 1. The van der Waals surface area contributed by atoms with E-state index in [0.29, 0.717) is 0 Å². The van der Waals surface area contributed by atoms with Gasteiger partial charge in [-0.2, -0.15) is 0 Å². The molecule has 0 N–H and O–H groups in total. The van der Waals surface area contributed by atoms with Crippen LogP contribution in [0.1, 0.15) is 43.9 Å². The summed E-state index contributed by atoms with van der Waals surface area (Å²) in [7, 11) is 0. The molecule has 0 saturated carbocycles. The topological polar surface area (TPSA) is 0 Å². The zero-order chi connectivity index (χ0) is 16.2. The molecule has 0 fully saturated rings. The molecule has 0 heterocycles. The molecule has 0 spiro atoms. The van der Waals surface area contributed by atoms with Crippen molar-refractivity contribution in [2.75, 3.05) is 0 Å². The molecule has 2 aromatic carbocycles. The van der Waals surface area contributed by atoms with E-state index in [1.807, 2.05) is 0 Å². The molecule has 0 atom stereocenters. The van der Waals surface area contributed by atoms with Gasteiger partial charge in [0.2, 0.25) is 0 Å². The van der Waals surface area contributed by atoms with Crippen LogP contribution in [0.5, 0.6) is 0 Å². The van der Waals surface area contributed by atoms with Gasteiger partial charge in [-0.1, -0.05) is 0 Å². The Morgan fingerprint density at radius 2 is 1.56 bits per heavy atom. The Hall–Kier alpha value is -0.617. The van der Waals surface area contributed by atoms with Crippen molar-refractivity contribution in [2.45, 2.75) is 33.6 Å². The summed E-state index contributed by atoms with van der Waals surface area (Å²) in [5.74, 6) is 0. The predicted molar refractivity (Wildman–Crippen MR) is 94.5 cm³/mol. The molecular formula is C22H21Cl2Zr. The van der Waals surface area contributed by atoms with Crippen molar-refractivity contribution in [3.05, 3.63) is 70.8 Å². The fourth-order valence-corrected chi connectivity index (χ4v) is 4.86. The fourth-order valence-electron chi connectivity index (χ4n) is 3.71. The van der Waals surface area contributed by atoms with E-state index < -0.39 is 0 Å². The molecule has 4 rings (SSSR count). The first-order valence-electron chi connectivity index (χ1n) is 8.32. The van der Waals surface area contributed by atoms with Crippen molar-refractivity contribution < 1.29 is 49.5 Å². The molecule has 0 amide bonds. The maximum Gasteiger partial charge on any atom is -1.00 e. The van der Waals surface area contributed by atoms with E-state index in [1.54, 1.807) is 8.83 Å². The van der Waals surface area contributed by atoms with E-state index >= 15 is 0 Å². The molecule has 0 unspecified atom stereocenters. The van der Waals surface area contributed by atoms with Gasteiger partial charge in [0.15, 0.2) is 0 Å². The van der Waals surface area contributed by atoms with Crippen LogP contribution in [-0.4, -0.2) is 0 Å². The second-order valence-electron chi connectivity index (χ2n) is 7.63. The van der Waals surface area contributed by atoms with Crippen LogP contribution in [0, 0.1) is 5.41 Å². The number of hydrogen-bond donors (Lipinski definition) is 0. The monoisotopic (exact) mass is 445 g/mol. The van der Waals surface area contributed by atoms with Crippen LogP contribution in [0.2, 0.25) is 0 Å². The molecule has 0 bridgehead atoms. The Morgan fingerprint density at radius 1 is 0.880 bits per heavy atom. The smallest absolute Gasteiger partial charge is 1.00 e. The van der Waals surface area contributed by atoms with E-state index in [-0.39, 0.29) is 30.2 Å². The van der Waals surface area contributed by atoms with Crippen LogP contribution in [-0.2, 0) is 31.1 Å². The molecule has 0 aliphatic heterocycles. The maximum atomic E-state index is 2.43. The molecule has 25 heavy (non-hydrogen) atoms. The average molecular weight is 448 g/mol. The van der Waals surface area contributed by atoms with Crippen molar-refractivity contribution in [3.8, 4) is 11.1 Å². The van der Waals surface area contributed by atoms with Gasteiger partial charge in [-0.3, -0.25) is 0 Å². The number of fused-ring (bicyclic) bond motifs is 3. The Kier molecular flexibility index (Phi) is 6.25. The third-order valence-electron chi connectivity index (χ3n) is 5.07. The third-order valence-corrected chi connectivity index (χ3v) is 6.48. The van der Waals surface area contributed by atoms with Crippen LogP contribution >= 0.6 is 0 Å². The third kappa shape index (κ3) is 3.62. The SMILES string of the molecule is CC(C)(C)C1=CCC(c2ccc3c([c]2[Zr+2])Cc2ccccc2-3)=C1.[Cl-].[Cl-]. The number of benzene rings is 2. The summed E-state index contributed by atoms with van der Waals surface area (Å²) in [4.78, 5) is 0. The summed E-state index contributed by atoms with van der Waals surface area (Å²) >= 11 is 1.53. The Labute approximate surface area is 178 Å². The van der Waals surface area contributed by atoms with Crippen molar-refractivity contribution in [1.29, 1.82) is 0 Å². The van der Waals surface area contributed by atoms with Gasteiger partial charge in [-0.15, -0.1) is 0 Å². The van der Waals surface area contributed by atoms with Crippen molar-refractivity contribution >= 4 is 8.84 Å². The normalized spacial score (nSPS) is 14.8. The molecule has 2 aliphatic carbocycles. The fraction of sp³-hybridized carbons (Fsp3) is 0.273. The molecular weight excluding hydrogens is 426 g/mol. The number of allylic oxidation sites excluding steroid dienone is 4. The van der Waals surface area contributed by atoms with Crippen LogP contribution < -0.4 is 28.1 Å². The second kappa shape index (κ2) is 7.55.